The van der Waals surface area contributed by atoms with Crippen LogP contribution in [0.5, 0.6) is 0 Å². The average molecular weight is 158 g/mol. The van der Waals surface area contributed by atoms with Crippen molar-refractivity contribution in [1.29, 1.82) is 0 Å². The van der Waals surface area contributed by atoms with Crippen LogP contribution in [0, 0.1) is 23.7 Å². The molecule has 0 aliphatic heterocycles. The third-order valence-corrected chi connectivity index (χ3v) is 3.46. The lowest BCUT2D eigenvalue weighted by molar-refractivity contribution is 0.616. The van der Waals surface area contributed by atoms with Crippen LogP contribution in [0.25, 0.3) is 0 Å². The third kappa shape index (κ3) is 0.690. The molecule has 0 N–H and O–H groups in total. The second-order valence-electron chi connectivity index (χ2n) is 4.58. The standard InChI is InChI=1S/C12H14/c1-7(2)5-10-11-8-3-4-9(6-8)12(10)11/h3-4,8-9,11-12H,6H2,1-2H3/t8-,9-,11?,12?/m0/s1. The Labute approximate surface area is 73.7 Å². The topological polar surface area (TPSA) is 0 Å². The average Bonchev–Trinajstić information content (AvgIpc) is 2.43. The molecule has 3 aliphatic rings. The van der Waals surface area contributed by atoms with Crippen molar-refractivity contribution in [2.75, 3.05) is 0 Å². The van der Waals surface area contributed by atoms with E-state index in [1.807, 2.05) is 0 Å². The molecular weight excluding hydrogens is 144 g/mol. The Morgan fingerprint density at radius 3 is 2.33 bits per heavy atom. The van der Waals surface area contributed by atoms with Gasteiger partial charge in [0, 0.05) is 11.8 Å². The highest BCUT2D eigenvalue weighted by Gasteiger charge is 2.59. The zero-order chi connectivity index (χ0) is 8.29. The van der Waals surface area contributed by atoms with E-state index < -0.39 is 0 Å². The summed E-state index contributed by atoms with van der Waals surface area (Å²) in [6, 6.07) is 0. The van der Waals surface area contributed by atoms with Crippen LogP contribution >= 0.6 is 0 Å². The monoisotopic (exact) mass is 158 g/mol. The minimum Gasteiger partial charge on any atom is -0.123 e. The molecule has 0 aromatic heterocycles. The Morgan fingerprint density at radius 1 is 1.25 bits per heavy atom. The highest BCUT2D eigenvalue weighted by Crippen LogP contribution is 2.66. The Kier molecular flexibility index (Phi) is 1.09. The molecule has 2 unspecified atom stereocenters. The first-order valence-corrected chi connectivity index (χ1v) is 4.89. The van der Waals surface area contributed by atoms with E-state index in [9.17, 15) is 0 Å². The number of allylic oxidation sites excluding steroid dienone is 3. The molecule has 0 heterocycles. The van der Waals surface area contributed by atoms with E-state index in [-0.39, 0.29) is 0 Å². The van der Waals surface area contributed by atoms with Crippen molar-refractivity contribution in [3.8, 4) is 0 Å². The number of rotatable bonds is 0. The van der Waals surface area contributed by atoms with Crippen molar-refractivity contribution in [2.45, 2.75) is 20.3 Å². The van der Waals surface area contributed by atoms with Gasteiger partial charge in [0.2, 0.25) is 0 Å². The van der Waals surface area contributed by atoms with Crippen LogP contribution in [-0.2, 0) is 0 Å². The van der Waals surface area contributed by atoms with Gasteiger partial charge in [-0.25, -0.2) is 0 Å². The molecule has 0 nitrogen and oxygen atoms in total. The van der Waals surface area contributed by atoms with Crippen molar-refractivity contribution in [3.05, 3.63) is 29.0 Å². The van der Waals surface area contributed by atoms with E-state index in [0.29, 0.717) is 0 Å². The van der Waals surface area contributed by atoms with E-state index >= 15 is 0 Å². The normalized spacial score (nSPS) is 46.0. The van der Waals surface area contributed by atoms with Gasteiger partial charge in [0.25, 0.3) is 0 Å². The lowest BCUT2D eigenvalue weighted by Crippen LogP contribution is -1.90. The maximum atomic E-state index is 3.51. The minimum absolute atomic E-state index is 0.891. The molecule has 12 heavy (non-hydrogen) atoms. The fourth-order valence-corrected chi connectivity index (χ4v) is 3.04. The number of fused-ring (bicyclic) bond motifs is 5. The van der Waals surface area contributed by atoms with Gasteiger partial charge in [-0.3, -0.25) is 0 Å². The Balaban J connectivity index is 1.99. The summed E-state index contributed by atoms with van der Waals surface area (Å²) >= 11 is 0. The maximum absolute atomic E-state index is 3.51. The van der Waals surface area contributed by atoms with Crippen LogP contribution < -0.4 is 0 Å². The second-order valence-corrected chi connectivity index (χ2v) is 4.58. The molecule has 0 saturated heterocycles. The number of hydrogen-bond acceptors (Lipinski definition) is 0. The molecule has 0 aromatic rings. The quantitative estimate of drug-likeness (QED) is 0.375. The fourth-order valence-electron chi connectivity index (χ4n) is 3.04. The van der Waals surface area contributed by atoms with Crippen LogP contribution in [0.2, 0.25) is 0 Å². The molecule has 0 aromatic carbocycles. The van der Waals surface area contributed by atoms with Gasteiger partial charge in [-0.05, 0) is 43.3 Å². The van der Waals surface area contributed by atoms with E-state index in [1.165, 1.54) is 12.0 Å². The molecule has 2 bridgehead atoms. The van der Waals surface area contributed by atoms with Crippen molar-refractivity contribution in [2.24, 2.45) is 23.7 Å². The molecule has 0 heteroatoms. The summed E-state index contributed by atoms with van der Waals surface area (Å²) in [5, 5.41) is 0. The fraction of sp³-hybridized carbons (Fsp3) is 0.583. The Morgan fingerprint density at radius 2 is 1.83 bits per heavy atom. The van der Waals surface area contributed by atoms with Gasteiger partial charge < -0.3 is 0 Å². The minimum atomic E-state index is 0.891. The lowest BCUT2D eigenvalue weighted by Gasteiger charge is -1.99. The van der Waals surface area contributed by atoms with Gasteiger partial charge >= 0.3 is 0 Å². The summed E-state index contributed by atoms with van der Waals surface area (Å²) in [4.78, 5) is 0. The molecule has 62 valence electrons. The molecule has 0 amide bonds. The second kappa shape index (κ2) is 1.95. The maximum Gasteiger partial charge on any atom is 0.00168 e. The first-order chi connectivity index (χ1) is 5.77. The largest absolute Gasteiger partial charge is 0.123 e. The smallest absolute Gasteiger partial charge is 0.00168 e. The van der Waals surface area contributed by atoms with E-state index in [1.54, 1.807) is 5.57 Å². The van der Waals surface area contributed by atoms with E-state index in [4.69, 9.17) is 0 Å². The third-order valence-electron chi connectivity index (χ3n) is 3.46. The molecule has 4 atom stereocenters. The van der Waals surface area contributed by atoms with Gasteiger partial charge in [-0.1, -0.05) is 12.2 Å². The van der Waals surface area contributed by atoms with Crippen LogP contribution in [0.3, 0.4) is 0 Å². The van der Waals surface area contributed by atoms with Crippen molar-refractivity contribution >= 4 is 0 Å². The SMILES string of the molecule is CC(C)=C=C1C2C1[C@H]1C=C[C@H]2C1. The summed E-state index contributed by atoms with van der Waals surface area (Å²) in [6.45, 7) is 4.30. The summed E-state index contributed by atoms with van der Waals surface area (Å²) < 4.78 is 0. The van der Waals surface area contributed by atoms with Gasteiger partial charge in [-0.2, -0.15) is 0 Å². The van der Waals surface area contributed by atoms with Gasteiger partial charge in [0.05, 0.1) is 0 Å². The van der Waals surface area contributed by atoms with Crippen molar-refractivity contribution < 1.29 is 0 Å². The summed E-state index contributed by atoms with van der Waals surface area (Å²) in [6.07, 6.45) is 6.28. The van der Waals surface area contributed by atoms with Gasteiger partial charge in [0.15, 0.2) is 0 Å². The Hall–Kier alpha value is -0.740. The molecule has 2 saturated carbocycles. The summed E-state index contributed by atoms with van der Waals surface area (Å²) in [7, 11) is 0. The van der Waals surface area contributed by atoms with E-state index in [0.717, 1.165) is 23.7 Å². The van der Waals surface area contributed by atoms with Crippen LogP contribution in [0.15, 0.2) is 29.0 Å². The van der Waals surface area contributed by atoms with Crippen LogP contribution in [0.1, 0.15) is 20.3 Å². The highest BCUT2D eigenvalue weighted by atomic mass is 14.6. The Bertz CT molecular complexity index is 302. The molecule has 3 rings (SSSR count). The number of hydrogen-bond donors (Lipinski definition) is 0. The van der Waals surface area contributed by atoms with Crippen LogP contribution in [0.4, 0.5) is 0 Å². The zero-order valence-corrected chi connectivity index (χ0v) is 7.67. The molecule has 3 aliphatic carbocycles. The van der Waals surface area contributed by atoms with Crippen molar-refractivity contribution in [3.63, 3.8) is 0 Å². The molecular formula is C12H14. The molecule has 2 fully saturated rings. The zero-order valence-electron chi connectivity index (χ0n) is 7.67. The summed E-state index contributed by atoms with van der Waals surface area (Å²) in [5.41, 5.74) is 6.49. The van der Waals surface area contributed by atoms with E-state index in [2.05, 4.69) is 31.7 Å². The highest BCUT2D eigenvalue weighted by molar-refractivity contribution is 5.41. The lowest BCUT2D eigenvalue weighted by atomic mass is 10.0. The first-order valence-electron chi connectivity index (χ1n) is 4.89. The van der Waals surface area contributed by atoms with Crippen molar-refractivity contribution in [1.82, 2.24) is 0 Å². The van der Waals surface area contributed by atoms with Crippen LogP contribution in [-0.4, -0.2) is 0 Å². The molecule has 0 radical (unpaired) electrons. The first kappa shape index (κ1) is 6.74. The predicted octanol–water partition coefficient (Wildman–Crippen LogP) is 2.93. The summed E-state index contributed by atoms with van der Waals surface area (Å²) in [5.74, 6) is 3.61. The predicted molar refractivity (Wildman–Crippen MR) is 49.6 cm³/mol. The van der Waals surface area contributed by atoms with Gasteiger partial charge in [0.1, 0.15) is 0 Å². The molecule has 0 spiro atoms. The van der Waals surface area contributed by atoms with Gasteiger partial charge in [-0.15, -0.1) is 5.73 Å².